The molecule has 1 unspecified atom stereocenters. The van der Waals surface area contributed by atoms with Gasteiger partial charge in [0.1, 0.15) is 0 Å². The second-order valence-electron chi connectivity index (χ2n) is 7.19. The first-order valence-corrected chi connectivity index (χ1v) is 11.3. The van der Waals surface area contributed by atoms with Crippen LogP contribution >= 0.6 is 46.6 Å². The number of rotatable bonds is 4. The van der Waals surface area contributed by atoms with Gasteiger partial charge in [-0.25, -0.2) is 0 Å². The number of oxime groups is 1. The summed E-state index contributed by atoms with van der Waals surface area (Å²) in [6, 6.07) is 8.10. The molecule has 2 aromatic rings. The van der Waals surface area contributed by atoms with Gasteiger partial charge >= 0.3 is 6.18 Å². The number of nitrogens with one attached hydrogen (secondary N) is 1. The molecule has 1 atom stereocenters. The third-order valence-electron chi connectivity index (χ3n) is 5.04. The molecule has 4 rings (SSSR count). The number of hydrogen-bond donors (Lipinski definition) is 1. The van der Waals surface area contributed by atoms with Gasteiger partial charge in [-0.15, -0.1) is 0 Å². The molecule has 2 aromatic carbocycles. The van der Waals surface area contributed by atoms with Crippen molar-refractivity contribution in [3.63, 3.8) is 0 Å². The highest BCUT2D eigenvalue weighted by atomic mass is 35.5. The fourth-order valence-electron chi connectivity index (χ4n) is 3.31. The highest BCUT2D eigenvalue weighted by molar-refractivity contribution is 8.00. The fraction of sp³-hybridized carbons (Fsp3) is 0.300. The Morgan fingerprint density at radius 2 is 1.81 bits per heavy atom. The van der Waals surface area contributed by atoms with E-state index in [1.807, 2.05) is 0 Å². The van der Waals surface area contributed by atoms with Crippen LogP contribution in [0, 0.1) is 0 Å². The van der Waals surface area contributed by atoms with E-state index in [9.17, 15) is 18.0 Å². The van der Waals surface area contributed by atoms with Crippen LogP contribution in [-0.2, 0) is 10.4 Å². The lowest BCUT2D eigenvalue weighted by molar-refractivity contribution is -0.275. The summed E-state index contributed by atoms with van der Waals surface area (Å²) in [5.74, 6) is 1.34. The van der Waals surface area contributed by atoms with Gasteiger partial charge in [-0.2, -0.15) is 24.9 Å². The molecule has 31 heavy (non-hydrogen) atoms. The smallest absolute Gasteiger partial charge is 0.374 e. The first-order valence-electron chi connectivity index (χ1n) is 9.06. The lowest BCUT2D eigenvalue weighted by Crippen LogP contribution is -2.43. The topological polar surface area (TPSA) is 50.7 Å². The molecule has 0 saturated carbocycles. The number of carbonyl (C=O) groups excluding carboxylic acids is 1. The van der Waals surface area contributed by atoms with Gasteiger partial charge in [0.2, 0.25) is 0 Å². The Kier molecular flexibility index (Phi) is 6.11. The van der Waals surface area contributed by atoms with Gasteiger partial charge in [0.05, 0.1) is 16.3 Å². The maximum absolute atomic E-state index is 14.1. The van der Waals surface area contributed by atoms with Crippen molar-refractivity contribution < 1.29 is 22.8 Å². The Balaban J connectivity index is 1.61. The SMILES string of the molecule is O=C(NC1CSC1)c1ccc(C2=NOC(c3cc(Cl)cc(Cl)c3)(C(F)(F)F)C2)cc1Cl. The number of alkyl halides is 3. The van der Waals surface area contributed by atoms with Crippen LogP contribution in [0.15, 0.2) is 41.6 Å². The largest absolute Gasteiger partial charge is 0.435 e. The highest BCUT2D eigenvalue weighted by Crippen LogP contribution is 2.49. The maximum Gasteiger partial charge on any atom is 0.435 e. The Morgan fingerprint density at radius 1 is 1.13 bits per heavy atom. The molecule has 1 N–H and O–H groups in total. The summed E-state index contributed by atoms with van der Waals surface area (Å²) in [5, 5.41) is 6.76. The molecule has 2 aliphatic heterocycles. The molecule has 1 amide bonds. The van der Waals surface area contributed by atoms with Crippen LogP contribution in [0.4, 0.5) is 13.2 Å². The summed E-state index contributed by atoms with van der Waals surface area (Å²) in [5.41, 5.74) is -2.39. The first kappa shape index (κ1) is 22.6. The first-order chi connectivity index (χ1) is 14.6. The molecular formula is C20H14Cl3F3N2O2S. The average Bonchev–Trinajstić information content (AvgIpc) is 3.10. The van der Waals surface area contributed by atoms with Gasteiger partial charge in [-0.1, -0.05) is 46.0 Å². The Hall–Kier alpha value is -1.61. The van der Waals surface area contributed by atoms with Gasteiger partial charge in [0.15, 0.2) is 0 Å². The summed E-state index contributed by atoms with van der Waals surface area (Å²) < 4.78 is 42.3. The average molecular weight is 510 g/mol. The van der Waals surface area contributed by atoms with Gasteiger partial charge < -0.3 is 10.2 Å². The predicted octanol–water partition coefficient (Wildman–Crippen LogP) is 6.07. The monoisotopic (exact) mass is 508 g/mol. The lowest BCUT2D eigenvalue weighted by Gasteiger charge is -2.29. The van der Waals surface area contributed by atoms with Crippen molar-refractivity contribution in [2.75, 3.05) is 11.5 Å². The number of thioether (sulfide) groups is 1. The standard InChI is InChI=1S/C20H14Cl3F3N2O2S/c21-12-4-11(5-13(22)6-12)19(20(24,25)26)7-17(28-30-19)10-1-2-15(16(23)3-10)18(29)27-14-8-31-9-14/h1-6,14H,7-9H2,(H,27,29). The van der Waals surface area contributed by atoms with E-state index in [0.717, 1.165) is 23.6 Å². The Labute approximate surface area is 195 Å². The van der Waals surface area contributed by atoms with Crippen LogP contribution in [0.5, 0.6) is 0 Å². The molecule has 164 valence electrons. The van der Waals surface area contributed by atoms with Crippen molar-refractivity contribution in [1.82, 2.24) is 5.32 Å². The minimum Gasteiger partial charge on any atom is -0.374 e. The second-order valence-corrected chi connectivity index (χ2v) is 9.55. The minimum absolute atomic E-state index is 0.0395. The van der Waals surface area contributed by atoms with Crippen LogP contribution in [0.2, 0.25) is 15.1 Å². The van der Waals surface area contributed by atoms with E-state index in [2.05, 4.69) is 10.5 Å². The van der Waals surface area contributed by atoms with Gasteiger partial charge in [0.25, 0.3) is 11.5 Å². The van der Waals surface area contributed by atoms with E-state index >= 15 is 0 Å². The van der Waals surface area contributed by atoms with Crippen LogP contribution < -0.4 is 5.32 Å². The molecule has 2 heterocycles. The van der Waals surface area contributed by atoms with E-state index in [-0.39, 0.29) is 43.9 Å². The number of halogens is 6. The molecule has 1 fully saturated rings. The van der Waals surface area contributed by atoms with Crippen molar-refractivity contribution in [2.45, 2.75) is 24.2 Å². The summed E-state index contributed by atoms with van der Waals surface area (Å²) in [6.45, 7) is 0. The zero-order valence-electron chi connectivity index (χ0n) is 15.6. The number of carbonyl (C=O) groups is 1. The molecule has 0 aromatic heterocycles. The van der Waals surface area contributed by atoms with E-state index in [1.54, 1.807) is 11.8 Å². The van der Waals surface area contributed by atoms with Gasteiger partial charge in [-0.05, 0) is 30.3 Å². The second kappa shape index (κ2) is 8.39. The van der Waals surface area contributed by atoms with E-state index in [4.69, 9.17) is 39.6 Å². The summed E-state index contributed by atoms with van der Waals surface area (Å²) in [6.07, 6.45) is -5.40. The molecule has 0 spiro atoms. The van der Waals surface area contributed by atoms with Crippen molar-refractivity contribution in [2.24, 2.45) is 5.16 Å². The van der Waals surface area contributed by atoms with E-state index in [1.165, 1.54) is 24.3 Å². The van der Waals surface area contributed by atoms with Crippen molar-refractivity contribution in [1.29, 1.82) is 0 Å². The van der Waals surface area contributed by atoms with Crippen LogP contribution in [-0.4, -0.2) is 35.3 Å². The van der Waals surface area contributed by atoms with Crippen LogP contribution in [0.1, 0.15) is 27.9 Å². The summed E-state index contributed by atoms with van der Waals surface area (Å²) >= 11 is 19.8. The van der Waals surface area contributed by atoms with Crippen molar-refractivity contribution in [3.8, 4) is 0 Å². The normalized spacial score (nSPS) is 21.3. The molecule has 2 aliphatic rings. The minimum atomic E-state index is -4.79. The van der Waals surface area contributed by atoms with E-state index < -0.39 is 18.2 Å². The molecule has 4 nitrogen and oxygen atoms in total. The highest BCUT2D eigenvalue weighted by Gasteiger charge is 2.62. The summed E-state index contributed by atoms with van der Waals surface area (Å²) in [7, 11) is 0. The Morgan fingerprint density at radius 3 is 2.35 bits per heavy atom. The maximum atomic E-state index is 14.1. The van der Waals surface area contributed by atoms with Crippen LogP contribution in [0.25, 0.3) is 0 Å². The molecule has 1 saturated heterocycles. The van der Waals surface area contributed by atoms with E-state index in [0.29, 0.717) is 5.56 Å². The zero-order chi connectivity index (χ0) is 22.4. The predicted molar refractivity (Wildman–Crippen MR) is 116 cm³/mol. The zero-order valence-corrected chi connectivity index (χ0v) is 18.7. The molecule has 0 radical (unpaired) electrons. The van der Waals surface area contributed by atoms with Crippen LogP contribution in [0.3, 0.4) is 0 Å². The quantitative estimate of drug-likeness (QED) is 0.544. The lowest BCUT2D eigenvalue weighted by atomic mass is 9.86. The molecule has 0 aliphatic carbocycles. The summed E-state index contributed by atoms with van der Waals surface area (Å²) in [4.78, 5) is 17.3. The molecular weight excluding hydrogens is 496 g/mol. The number of hydrogen-bond acceptors (Lipinski definition) is 4. The van der Waals surface area contributed by atoms with Crippen molar-refractivity contribution >= 4 is 58.2 Å². The fourth-order valence-corrected chi connectivity index (χ4v) is 4.74. The van der Waals surface area contributed by atoms with Crippen molar-refractivity contribution in [3.05, 3.63) is 68.2 Å². The molecule has 11 heteroatoms. The van der Waals surface area contributed by atoms with Gasteiger partial charge in [0, 0.05) is 45.1 Å². The third-order valence-corrected chi connectivity index (χ3v) is 7.06. The Bertz CT molecular complexity index is 1060. The number of benzene rings is 2. The van der Waals surface area contributed by atoms with Gasteiger partial charge in [-0.3, -0.25) is 4.79 Å². The third kappa shape index (κ3) is 4.35. The number of nitrogens with zero attached hydrogens (tertiary/aromatic N) is 1. The number of amides is 1. The molecule has 0 bridgehead atoms.